The molecule has 0 rings (SSSR count). The molecule has 6 heteroatoms. The second kappa shape index (κ2) is 5.59. The lowest BCUT2D eigenvalue weighted by Crippen LogP contribution is -1.90. The highest BCUT2D eigenvalue weighted by Gasteiger charge is 1.91. The Balaban J connectivity index is 2.82. The van der Waals surface area contributed by atoms with Crippen molar-refractivity contribution >= 4 is 24.2 Å². The Bertz CT molecular complexity index is 76.4. The zero-order chi connectivity index (χ0) is 6.41. The van der Waals surface area contributed by atoms with Crippen molar-refractivity contribution in [3.8, 4) is 0 Å². The largest absolute Gasteiger partial charge is 0.395 e. The molecule has 0 saturated carbocycles. The SMILES string of the molecule is O=[P](O)OOCCBr. The van der Waals surface area contributed by atoms with Gasteiger partial charge in [0.05, 0.1) is 6.61 Å². The maximum absolute atomic E-state index is 9.66. The summed E-state index contributed by atoms with van der Waals surface area (Å²) >= 11 is 3.02. The number of hydrogen-bond donors (Lipinski definition) is 1. The lowest BCUT2D eigenvalue weighted by Gasteiger charge is -1.92. The van der Waals surface area contributed by atoms with Crippen molar-refractivity contribution in [3.05, 3.63) is 0 Å². The molecule has 49 valence electrons. The van der Waals surface area contributed by atoms with Crippen LogP contribution in [0.5, 0.6) is 0 Å². The molecule has 0 bridgehead atoms. The van der Waals surface area contributed by atoms with Crippen LogP contribution in [0.25, 0.3) is 0 Å². The Labute approximate surface area is 55.8 Å². The first-order valence-electron chi connectivity index (χ1n) is 1.79. The van der Waals surface area contributed by atoms with Crippen molar-refractivity contribution in [1.82, 2.24) is 0 Å². The second-order valence-corrected chi connectivity index (χ2v) is 2.24. The zero-order valence-electron chi connectivity index (χ0n) is 3.91. The van der Waals surface area contributed by atoms with Gasteiger partial charge in [0.15, 0.2) is 0 Å². The van der Waals surface area contributed by atoms with E-state index in [0.717, 1.165) is 0 Å². The van der Waals surface area contributed by atoms with Crippen molar-refractivity contribution in [2.24, 2.45) is 0 Å². The van der Waals surface area contributed by atoms with Crippen LogP contribution in [0.1, 0.15) is 0 Å². The highest BCUT2D eigenvalue weighted by Crippen LogP contribution is 2.13. The van der Waals surface area contributed by atoms with Crippen molar-refractivity contribution in [3.63, 3.8) is 0 Å². The minimum atomic E-state index is -2.61. The molecule has 0 aromatic carbocycles. The third-order valence-electron chi connectivity index (χ3n) is 0.277. The topological polar surface area (TPSA) is 55.8 Å². The van der Waals surface area contributed by atoms with Crippen LogP contribution < -0.4 is 0 Å². The summed E-state index contributed by atoms with van der Waals surface area (Å²) in [6.45, 7) is 0.266. The summed E-state index contributed by atoms with van der Waals surface area (Å²) in [5.41, 5.74) is 0. The third kappa shape index (κ3) is 6.46. The first kappa shape index (κ1) is 8.46. The quantitative estimate of drug-likeness (QED) is 0.244. The van der Waals surface area contributed by atoms with E-state index in [0.29, 0.717) is 5.33 Å². The fraction of sp³-hybridized carbons (Fsp3) is 1.00. The Morgan fingerprint density at radius 2 is 2.38 bits per heavy atom. The van der Waals surface area contributed by atoms with Gasteiger partial charge in [-0.15, -0.1) is 4.67 Å². The van der Waals surface area contributed by atoms with Crippen molar-refractivity contribution in [2.45, 2.75) is 0 Å². The maximum Gasteiger partial charge on any atom is 0.395 e. The molecule has 0 saturated heterocycles. The fourth-order valence-electron chi connectivity index (χ4n) is 0.114. The van der Waals surface area contributed by atoms with Gasteiger partial charge in [-0.3, -0.25) is 4.89 Å². The molecule has 0 aromatic heterocycles. The molecule has 1 unspecified atom stereocenters. The Kier molecular flexibility index (Phi) is 5.92. The van der Waals surface area contributed by atoms with Crippen molar-refractivity contribution in [1.29, 1.82) is 0 Å². The Morgan fingerprint density at radius 1 is 1.75 bits per heavy atom. The number of halogens is 1. The Hall–Kier alpha value is 0.460. The van der Waals surface area contributed by atoms with E-state index in [-0.39, 0.29) is 6.61 Å². The molecule has 1 radical (unpaired) electrons. The molecule has 0 heterocycles. The van der Waals surface area contributed by atoms with Crippen LogP contribution in [-0.2, 0) is 14.1 Å². The van der Waals surface area contributed by atoms with Crippen LogP contribution >= 0.6 is 24.2 Å². The van der Waals surface area contributed by atoms with E-state index in [4.69, 9.17) is 4.89 Å². The summed E-state index contributed by atoms with van der Waals surface area (Å²) in [5.74, 6) is 0. The van der Waals surface area contributed by atoms with E-state index in [9.17, 15) is 4.57 Å². The van der Waals surface area contributed by atoms with Gasteiger partial charge in [-0.2, -0.15) is 0 Å². The van der Waals surface area contributed by atoms with E-state index in [1.54, 1.807) is 0 Å². The maximum atomic E-state index is 9.66. The van der Waals surface area contributed by atoms with Gasteiger partial charge >= 0.3 is 8.25 Å². The highest BCUT2D eigenvalue weighted by atomic mass is 79.9. The van der Waals surface area contributed by atoms with Crippen LogP contribution in [0.2, 0.25) is 0 Å². The molecular weight excluding hydrogens is 199 g/mol. The predicted molar refractivity (Wildman–Crippen MR) is 30.7 cm³/mol. The molecule has 0 amide bonds. The minimum absolute atomic E-state index is 0.266. The van der Waals surface area contributed by atoms with Gasteiger partial charge in [0.2, 0.25) is 0 Å². The van der Waals surface area contributed by atoms with E-state index in [1.807, 2.05) is 0 Å². The van der Waals surface area contributed by atoms with Gasteiger partial charge in [0.25, 0.3) is 0 Å². The van der Waals surface area contributed by atoms with Crippen LogP contribution in [0.4, 0.5) is 0 Å². The molecule has 0 aliphatic carbocycles. The van der Waals surface area contributed by atoms with Crippen LogP contribution in [-0.4, -0.2) is 16.8 Å². The summed E-state index contributed by atoms with van der Waals surface area (Å²) in [7, 11) is -2.61. The number of rotatable bonds is 4. The zero-order valence-corrected chi connectivity index (χ0v) is 6.39. The monoisotopic (exact) mass is 203 g/mol. The molecule has 0 aliphatic heterocycles. The summed E-state index contributed by atoms with van der Waals surface area (Å²) < 4.78 is 13.5. The summed E-state index contributed by atoms with van der Waals surface area (Å²) in [6, 6.07) is 0. The lowest BCUT2D eigenvalue weighted by molar-refractivity contribution is -0.201. The second-order valence-electron chi connectivity index (χ2n) is 0.823. The molecule has 0 spiro atoms. The third-order valence-corrected chi connectivity index (χ3v) is 0.834. The minimum Gasteiger partial charge on any atom is -0.297 e. The van der Waals surface area contributed by atoms with Crippen LogP contribution in [0.15, 0.2) is 0 Å². The Morgan fingerprint density at radius 3 is 2.75 bits per heavy atom. The van der Waals surface area contributed by atoms with Crippen LogP contribution in [0, 0.1) is 0 Å². The molecule has 1 atom stereocenters. The molecule has 1 N–H and O–H groups in total. The van der Waals surface area contributed by atoms with Gasteiger partial charge in [0, 0.05) is 5.33 Å². The summed E-state index contributed by atoms with van der Waals surface area (Å²) in [6.07, 6.45) is 0. The van der Waals surface area contributed by atoms with Crippen LogP contribution in [0.3, 0.4) is 0 Å². The van der Waals surface area contributed by atoms with E-state index >= 15 is 0 Å². The summed E-state index contributed by atoms with van der Waals surface area (Å²) in [5, 5.41) is 0.580. The normalized spacial score (nSPS) is 11.5. The number of hydrogen-bond acceptors (Lipinski definition) is 3. The van der Waals surface area contributed by atoms with Crippen molar-refractivity contribution in [2.75, 3.05) is 11.9 Å². The van der Waals surface area contributed by atoms with Gasteiger partial charge in [0.1, 0.15) is 0 Å². The van der Waals surface area contributed by atoms with E-state index in [1.165, 1.54) is 0 Å². The van der Waals surface area contributed by atoms with E-state index < -0.39 is 8.25 Å². The van der Waals surface area contributed by atoms with E-state index in [2.05, 4.69) is 25.5 Å². The fourth-order valence-corrected chi connectivity index (χ4v) is 0.411. The predicted octanol–water partition coefficient (Wildman–Crippen LogP) is 0.979. The summed E-state index contributed by atoms with van der Waals surface area (Å²) in [4.78, 5) is 12.1. The molecule has 0 aromatic rings. The molecule has 4 nitrogen and oxygen atoms in total. The molecule has 0 fully saturated rings. The van der Waals surface area contributed by atoms with Crippen molar-refractivity contribution < 1.29 is 19.0 Å². The first-order chi connectivity index (χ1) is 3.77. The van der Waals surface area contributed by atoms with Gasteiger partial charge in [-0.05, 0) is 0 Å². The average molecular weight is 204 g/mol. The van der Waals surface area contributed by atoms with Gasteiger partial charge in [-0.1, -0.05) is 15.9 Å². The smallest absolute Gasteiger partial charge is 0.297 e. The number of alkyl halides is 1. The van der Waals surface area contributed by atoms with Gasteiger partial charge < -0.3 is 0 Å². The molecule has 0 aliphatic rings. The standard InChI is InChI=1S/C2H5BrO4P/c3-1-2-6-7-8(4)5/h1-2H2,(H,4,5). The molecular formula is C2H5BrO4P. The lowest BCUT2D eigenvalue weighted by atomic mass is 10.9. The van der Waals surface area contributed by atoms with Gasteiger partial charge in [-0.25, -0.2) is 9.45 Å². The molecule has 8 heavy (non-hydrogen) atoms. The first-order valence-corrected chi connectivity index (χ1v) is 4.04. The highest BCUT2D eigenvalue weighted by molar-refractivity contribution is 9.09. The average Bonchev–Trinajstić information content (AvgIpc) is 1.66.